The predicted molar refractivity (Wildman–Crippen MR) is 91.8 cm³/mol. The van der Waals surface area contributed by atoms with E-state index in [0.29, 0.717) is 17.1 Å². The molecule has 0 radical (unpaired) electrons. The van der Waals surface area contributed by atoms with Gasteiger partial charge in [-0.1, -0.05) is 12.1 Å². The van der Waals surface area contributed by atoms with E-state index in [2.05, 4.69) is 10.4 Å². The second-order valence-corrected chi connectivity index (χ2v) is 5.74. The van der Waals surface area contributed by atoms with Gasteiger partial charge in [0, 0.05) is 12.7 Å². The number of aryl methyl sites for hydroxylation is 3. The molecule has 0 fully saturated rings. The van der Waals surface area contributed by atoms with Crippen LogP contribution in [0, 0.1) is 20.8 Å². The molecule has 0 unspecified atom stereocenters. The fourth-order valence-corrected chi connectivity index (χ4v) is 2.32. The number of nitrogens with one attached hydrogen (secondary N) is 1. The first kappa shape index (κ1) is 17.5. The molecule has 7 nitrogen and oxygen atoms in total. The van der Waals surface area contributed by atoms with Crippen LogP contribution in [0.25, 0.3) is 0 Å². The highest BCUT2D eigenvalue weighted by molar-refractivity contribution is 6.00. The highest BCUT2D eigenvalue weighted by Crippen LogP contribution is 2.20. The monoisotopic (exact) mass is 330 g/mol. The highest BCUT2D eigenvalue weighted by atomic mass is 16.5. The number of nitrogen functional groups attached to an aromatic ring is 1. The summed E-state index contributed by atoms with van der Waals surface area (Å²) in [4.78, 5) is 24.5. The molecule has 2 aromatic rings. The summed E-state index contributed by atoms with van der Waals surface area (Å²) in [5, 5.41) is 6.98. The Balaban J connectivity index is 2.09. The van der Waals surface area contributed by atoms with Gasteiger partial charge >= 0.3 is 5.97 Å². The van der Waals surface area contributed by atoms with Gasteiger partial charge in [-0.05, 0) is 39.3 Å². The lowest BCUT2D eigenvalue weighted by atomic mass is 10.1. The van der Waals surface area contributed by atoms with Crippen LogP contribution in [0.15, 0.2) is 18.2 Å². The van der Waals surface area contributed by atoms with Crippen molar-refractivity contribution in [1.29, 1.82) is 0 Å². The summed E-state index contributed by atoms with van der Waals surface area (Å²) in [6, 6.07) is 5.09. The van der Waals surface area contributed by atoms with Crippen molar-refractivity contribution in [1.82, 2.24) is 9.78 Å². The topological polar surface area (TPSA) is 99.2 Å². The van der Waals surface area contributed by atoms with Crippen LogP contribution in [-0.2, 0) is 16.6 Å². The summed E-state index contributed by atoms with van der Waals surface area (Å²) in [7, 11) is 1.79. The Hall–Kier alpha value is -2.83. The van der Waals surface area contributed by atoms with Crippen molar-refractivity contribution in [3.8, 4) is 0 Å². The van der Waals surface area contributed by atoms with Gasteiger partial charge in [0.05, 0.1) is 22.6 Å². The lowest BCUT2D eigenvalue weighted by Crippen LogP contribution is -2.30. The molecule has 2 rings (SSSR count). The molecule has 0 saturated carbocycles. The Labute approximate surface area is 140 Å². The summed E-state index contributed by atoms with van der Waals surface area (Å²) in [5.41, 5.74) is 9.42. The van der Waals surface area contributed by atoms with Crippen LogP contribution in [0.2, 0.25) is 0 Å². The summed E-state index contributed by atoms with van der Waals surface area (Å²) < 4.78 is 6.91. The number of nitrogens with zero attached hydrogens (tertiary/aromatic N) is 2. The maximum Gasteiger partial charge on any atom is 0.341 e. The second-order valence-electron chi connectivity index (χ2n) is 5.74. The summed E-state index contributed by atoms with van der Waals surface area (Å²) in [6.45, 7) is 6.96. The number of rotatable bonds is 4. The van der Waals surface area contributed by atoms with Gasteiger partial charge in [-0.25, -0.2) is 4.79 Å². The molecule has 1 aromatic carbocycles. The Morgan fingerprint density at radius 1 is 1.29 bits per heavy atom. The highest BCUT2D eigenvalue weighted by Gasteiger charge is 2.22. The number of carbonyl (C=O) groups excluding carboxylic acids is 2. The van der Waals surface area contributed by atoms with Gasteiger partial charge < -0.3 is 15.8 Å². The van der Waals surface area contributed by atoms with Crippen molar-refractivity contribution < 1.29 is 14.3 Å². The number of amides is 1. The van der Waals surface area contributed by atoms with Crippen molar-refractivity contribution in [2.45, 2.75) is 33.8 Å². The van der Waals surface area contributed by atoms with Gasteiger partial charge in [0.15, 0.2) is 6.10 Å². The van der Waals surface area contributed by atoms with Crippen molar-refractivity contribution >= 4 is 23.3 Å². The summed E-state index contributed by atoms with van der Waals surface area (Å²) in [6.07, 6.45) is -0.962. The van der Waals surface area contributed by atoms with E-state index in [9.17, 15) is 9.59 Å². The van der Waals surface area contributed by atoms with Crippen LogP contribution < -0.4 is 11.1 Å². The number of hydrogen-bond acceptors (Lipinski definition) is 5. The van der Waals surface area contributed by atoms with Crippen LogP contribution in [0.1, 0.15) is 34.2 Å². The molecule has 0 bridgehead atoms. The molecule has 1 amide bonds. The van der Waals surface area contributed by atoms with E-state index in [1.165, 1.54) is 6.92 Å². The minimum atomic E-state index is -0.962. The normalized spacial score (nSPS) is 11.9. The van der Waals surface area contributed by atoms with Crippen LogP contribution in [0.4, 0.5) is 11.4 Å². The Kier molecular flexibility index (Phi) is 4.92. The standard InChI is InChI=1S/C17H22N4O3/c1-9-7-6-8-13(14(9)18)17(23)24-12(4)16(22)19-15-10(2)20-21(5)11(15)3/h6-8,12H,18H2,1-5H3,(H,19,22)/t12-/m1/s1. The van der Waals surface area contributed by atoms with Crippen LogP contribution in [0.3, 0.4) is 0 Å². The predicted octanol–water partition coefficient (Wildman–Crippen LogP) is 2.11. The van der Waals surface area contributed by atoms with Gasteiger partial charge in [0.1, 0.15) is 0 Å². The fraction of sp³-hybridized carbons (Fsp3) is 0.353. The number of esters is 1. The number of aromatic nitrogens is 2. The molecule has 7 heteroatoms. The molecule has 128 valence electrons. The molecular formula is C17H22N4O3. The Morgan fingerprint density at radius 3 is 2.54 bits per heavy atom. The smallest absolute Gasteiger partial charge is 0.341 e. The summed E-state index contributed by atoms with van der Waals surface area (Å²) >= 11 is 0. The van der Waals surface area contributed by atoms with Gasteiger partial charge in [0.2, 0.25) is 0 Å². The van der Waals surface area contributed by atoms with E-state index in [0.717, 1.165) is 11.3 Å². The molecule has 3 N–H and O–H groups in total. The first-order chi connectivity index (χ1) is 11.2. The molecule has 0 aliphatic carbocycles. The SMILES string of the molecule is Cc1cccc(C(=O)O[C@H](C)C(=O)Nc2c(C)nn(C)c2C)c1N. The van der Waals surface area contributed by atoms with Gasteiger partial charge in [0.25, 0.3) is 5.91 Å². The number of para-hydroxylation sites is 1. The molecule has 0 aliphatic heterocycles. The zero-order valence-electron chi connectivity index (χ0n) is 14.5. The molecule has 1 atom stereocenters. The lowest BCUT2D eigenvalue weighted by Gasteiger charge is -2.15. The van der Waals surface area contributed by atoms with Crippen LogP contribution in [-0.4, -0.2) is 27.8 Å². The van der Waals surface area contributed by atoms with Gasteiger partial charge in [-0.2, -0.15) is 5.10 Å². The van der Waals surface area contributed by atoms with E-state index in [1.54, 1.807) is 43.8 Å². The number of ether oxygens (including phenoxy) is 1. The van der Waals surface area contributed by atoms with Crippen LogP contribution >= 0.6 is 0 Å². The third kappa shape index (κ3) is 3.40. The second kappa shape index (κ2) is 6.74. The van der Waals surface area contributed by atoms with E-state index in [-0.39, 0.29) is 5.56 Å². The van der Waals surface area contributed by atoms with Crippen molar-refractivity contribution in [2.24, 2.45) is 7.05 Å². The zero-order chi connectivity index (χ0) is 18.0. The van der Waals surface area contributed by atoms with Crippen molar-refractivity contribution in [3.63, 3.8) is 0 Å². The maximum absolute atomic E-state index is 12.3. The van der Waals surface area contributed by atoms with Crippen molar-refractivity contribution in [2.75, 3.05) is 11.1 Å². The third-order valence-electron chi connectivity index (χ3n) is 3.95. The maximum atomic E-state index is 12.3. The van der Waals surface area contributed by atoms with E-state index in [4.69, 9.17) is 10.5 Å². The number of hydrogen-bond donors (Lipinski definition) is 2. The molecule has 0 spiro atoms. The quantitative estimate of drug-likeness (QED) is 0.661. The number of nitrogens with two attached hydrogens (primary N) is 1. The van der Waals surface area contributed by atoms with Crippen LogP contribution in [0.5, 0.6) is 0 Å². The molecule has 0 saturated heterocycles. The summed E-state index contributed by atoms with van der Waals surface area (Å²) in [5.74, 6) is -1.05. The van der Waals surface area contributed by atoms with Gasteiger partial charge in [-0.3, -0.25) is 9.48 Å². The average Bonchev–Trinajstić information content (AvgIpc) is 2.76. The number of anilines is 2. The lowest BCUT2D eigenvalue weighted by molar-refractivity contribution is -0.123. The molecule has 1 aromatic heterocycles. The zero-order valence-corrected chi connectivity index (χ0v) is 14.5. The molecule has 1 heterocycles. The first-order valence-corrected chi connectivity index (χ1v) is 7.59. The minimum absolute atomic E-state index is 0.253. The Morgan fingerprint density at radius 2 is 1.96 bits per heavy atom. The minimum Gasteiger partial charge on any atom is -0.449 e. The molecule has 24 heavy (non-hydrogen) atoms. The first-order valence-electron chi connectivity index (χ1n) is 7.59. The molecular weight excluding hydrogens is 308 g/mol. The van der Waals surface area contributed by atoms with E-state index < -0.39 is 18.0 Å². The average molecular weight is 330 g/mol. The van der Waals surface area contributed by atoms with E-state index >= 15 is 0 Å². The van der Waals surface area contributed by atoms with E-state index in [1.807, 2.05) is 6.92 Å². The largest absolute Gasteiger partial charge is 0.449 e. The Bertz CT molecular complexity index is 795. The fourth-order valence-electron chi connectivity index (χ4n) is 2.32. The number of benzene rings is 1. The third-order valence-corrected chi connectivity index (χ3v) is 3.95. The molecule has 0 aliphatic rings. The van der Waals surface area contributed by atoms with Gasteiger partial charge in [-0.15, -0.1) is 0 Å². The number of carbonyl (C=O) groups is 2. The van der Waals surface area contributed by atoms with Crippen molar-refractivity contribution in [3.05, 3.63) is 40.7 Å².